The number of ether oxygens (including phenoxy) is 4. The summed E-state index contributed by atoms with van der Waals surface area (Å²) in [5, 5.41) is 5.44. The Hall–Kier alpha value is -6.18. The van der Waals surface area contributed by atoms with Gasteiger partial charge in [0.05, 0.1) is 32.0 Å². The van der Waals surface area contributed by atoms with Crippen molar-refractivity contribution in [2.45, 2.75) is 90.4 Å². The van der Waals surface area contributed by atoms with Crippen molar-refractivity contribution in [3.8, 4) is 34.1 Å². The molecule has 0 aromatic heterocycles. The summed E-state index contributed by atoms with van der Waals surface area (Å²) in [6.07, 6.45) is 5.25. The van der Waals surface area contributed by atoms with Crippen LogP contribution in [0, 0.1) is 11.8 Å². The van der Waals surface area contributed by atoms with E-state index in [0.717, 1.165) is 70.6 Å². The summed E-state index contributed by atoms with van der Waals surface area (Å²) in [6, 6.07) is 16.4. The number of hydrogen-bond donors (Lipinski definition) is 2. The lowest BCUT2D eigenvalue weighted by atomic mass is 9.97. The third-order valence-electron chi connectivity index (χ3n) is 12.1. The number of allylic oxidation sites excluding steroid dienone is 1. The van der Waals surface area contributed by atoms with Crippen molar-refractivity contribution in [2.75, 3.05) is 27.3 Å². The molecule has 0 bridgehead atoms. The third-order valence-corrected chi connectivity index (χ3v) is 12.1. The molecule has 5 heterocycles. The van der Waals surface area contributed by atoms with Crippen LogP contribution in [0.25, 0.3) is 16.7 Å². The summed E-state index contributed by atoms with van der Waals surface area (Å²) in [6.45, 7) is 8.87. The molecule has 0 aliphatic carbocycles. The van der Waals surface area contributed by atoms with Gasteiger partial charge in [-0.1, -0.05) is 45.9 Å². The molecule has 14 heteroatoms. The molecule has 8 rings (SSSR count). The zero-order chi connectivity index (χ0) is 42.2. The number of aliphatic imine (C=N–C) groups is 2. The first-order chi connectivity index (χ1) is 28.9. The summed E-state index contributed by atoms with van der Waals surface area (Å²) in [5.41, 5.74) is 7.87. The normalized spacial score (nSPS) is 19.9. The molecule has 3 aromatic rings. The van der Waals surface area contributed by atoms with Gasteiger partial charge in [0.1, 0.15) is 12.1 Å². The Bertz CT molecular complexity index is 2320. The molecule has 4 amide bonds. The molecule has 0 unspecified atom stereocenters. The number of carbonyl (C=O) groups excluding carboxylic acids is 4. The Morgan fingerprint density at radius 2 is 1.18 bits per heavy atom. The summed E-state index contributed by atoms with van der Waals surface area (Å²) in [7, 11) is 2.59. The highest BCUT2D eigenvalue weighted by atomic mass is 16.6. The Morgan fingerprint density at radius 1 is 0.667 bits per heavy atom. The summed E-state index contributed by atoms with van der Waals surface area (Å²) >= 11 is 0. The van der Waals surface area contributed by atoms with Crippen LogP contribution in [-0.4, -0.2) is 96.7 Å². The molecule has 0 radical (unpaired) electrons. The minimum Gasteiger partial charge on any atom is -0.453 e. The summed E-state index contributed by atoms with van der Waals surface area (Å²) in [5.74, 6) is 2.00. The maximum atomic E-state index is 13.7. The van der Waals surface area contributed by atoms with Gasteiger partial charge in [0.2, 0.25) is 11.8 Å². The van der Waals surface area contributed by atoms with Gasteiger partial charge in [-0.25, -0.2) is 9.59 Å². The van der Waals surface area contributed by atoms with Crippen LogP contribution in [-0.2, 0) is 25.5 Å². The number of rotatable bonds is 10. The van der Waals surface area contributed by atoms with Crippen molar-refractivity contribution >= 4 is 46.7 Å². The highest BCUT2D eigenvalue weighted by molar-refractivity contribution is 6.04. The van der Waals surface area contributed by atoms with E-state index in [1.54, 1.807) is 0 Å². The van der Waals surface area contributed by atoms with Crippen molar-refractivity contribution < 1.29 is 38.1 Å². The van der Waals surface area contributed by atoms with Crippen molar-refractivity contribution in [1.82, 2.24) is 20.4 Å². The molecular weight excluding hydrogens is 765 g/mol. The van der Waals surface area contributed by atoms with Crippen LogP contribution >= 0.6 is 0 Å². The lowest BCUT2D eigenvalue weighted by Gasteiger charge is -2.31. The molecule has 2 N–H and O–H groups in total. The smallest absolute Gasteiger partial charge is 0.407 e. The molecule has 0 saturated carbocycles. The molecule has 2 fully saturated rings. The number of likely N-dealkylation sites (tertiary alicyclic amines) is 2. The predicted molar refractivity (Wildman–Crippen MR) is 227 cm³/mol. The van der Waals surface area contributed by atoms with E-state index in [0.29, 0.717) is 48.9 Å². The first kappa shape index (κ1) is 40.6. The molecule has 5 aliphatic rings. The van der Waals surface area contributed by atoms with Gasteiger partial charge in [0.25, 0.3) is 0 Å². The van der Waals surface area contributed by atoms with E-state index in [1.807, 2.05) is 86.2 Å². The van der Waals surface area contributed by atoms with Gasteiger partial charge in [0, 0.05) is 43.6 Å². The molecule has 2 saturated heterocycles. The number of fused-ring (bicyclic) bond motifs is 3. The molecule has 60 heavy (non-hydrogen) atoms. The van der Waals surface area contributed by atoms with E-state index in [9.17, 15) is 19.2 Å². The standard InChI is InChI=1S/C46H52N6O8/c1-25(2)41(49-45(55)57-5)43(53)51-17-7-9-35(51)33-21-31(24-47-33)29-13-16-38-40(23-29)60-37-15-12-28(22-39(37)59-38)27-11-14-32-30(19-27)20-34(48-32)36-10-8-18-52(36)44(54)42(26(3)4)50-46(56)58-6/h11-16,19,22-26,35-36,41-42H,7-10,17-18,20-21H2,1-6H3,(H,49,55)(H,50,56)/t35-,36-,41-,42-/m0/s1. The highest BCUT2D eigenvalue weighted by Gasteiger charge is 2.40. The monoisotopic (exact) mass is 816 g/mol. The lowest BCUT2D eigenvalue weighted by molar-refractivity contribution is -0.134. The largest absolute Gasteiger partial charge is 0.453 e. The second-order valence-corrected chi connectivity index (χ2v) is 16.7. The number of amides is 4. The minimum absolute atomic E-state index is 0.100. The quantitative estimate of drug-likeness (QED) is 0.164. The number of benzene rings is 3. The fourth-order valence-electron chi connectivity index (χ4n) is 8.90. The van der Waals surface area contributed by atoms with Crippen LogP contribution < -0.4 is 20.1 Å². The van der Waals surface area contributed by atoms with Gasteiger partial charge >= 0.3 is 12.2 Å². The number of carbonyl (C=O) groups is 4. The highest BCUT2D eigenvalue weighted by Crippen LogP contribution is 2.48. The van der Waals surface area contributed by atoms with Crippen LogP contribution in [0.15, 0.2) is 70.8 Å². The van der Waals surface area contributed by atoms with Gasteiger partial charge < -0.3 is 39.4 Å². The van der Waals surface area contributed by atoms with Crippen molar-refractivity contribution in [2.24, 2.45) is 21.8 Å². The van der Waals surface area contributed by atoms with Crippen LogP contribution in [0.5, 0.6) is 23.0 Å². The van der Waals surface area contributed by atoms with Crippen molar-refractivity contribution in [3.05, 3.63) is 71.9 Å². The van der Waals surface area contributed by atoms with E-state index >= 15 is 0 Å². The molecule has 14 nitrogen and oxygen atoms in total. The number of nitrogens with zero attached hydrogens (tertiary/aromatic N) is 4. The van der Waals surface area contributed by atoms with Gasteiger partial charge in [-0.2, -0.15) is 0 Å². The Balaban J connectivity index is 0.909. The van der Waals surface area contributed by atoms with Crippen molar-refractivity contribution in [1.29, 1.82) is 0 Å². The lowest BCUT2D eigenvalue weighted by Crippen LogP contribution is -2.53. The Labute approximate surface area is 350 Å². The van der Waals surface area contributed by atoms with E-state index in [2.05, 4.69) is 22.8 Å². The molecule has 314 valence electrons. The Morgan fingerprint density at radius 3 is 1.75 bits per heavy atom. The maximum absolute atomic E-state index is 13.7. The third kappa shape index (κ3) is 7.94. The van der Waals surface area contributed by atoms with Crippen LogP contribution in [0.2, 0.25) is 0 Å². The predicted octanol–water partition coefficient (Wildman–Crippen LogP) is 7.81. The average Bonchev–Trinajstić information content (AvgIpc) is 4.09. The van der Waals surface area contributed by atoms with Crippen LogP contribution in [0.4, 0.5) is 15.3 Å². The zero-order valence-electron chi connectivity index (χ0n) is 34.9. The maximum Gasteiger partial charge on any atom is 0.407 e. The van der Waals surface area contributed by atoms with E-state index in [-0.39, 0.29) is 35.7 Å². The van der Waals surface area contributed by atoms with E-state index in [4.69, 9.17) is 28.9 Å². The zero-order valence-corrected chi connectivity index (χ0v) is 34.9. The van der Waals surface area contributed by atoms with Gasteiger partial charge in [0.15, 0.2) is 23.0 Å². The van der Waals surface area contributed by atoms with E-state index in [1.165, 1.54) is 14.2 Å². The molecule has 4 atom stereocenters. The molecular formula is C46H52N6O8. The van der Waals surface area contributed by atoms with E-state index < -0.39 is 24.3 Å². The first-order valence-electron chi connectivity index (χ1n) is 20.8. The topological polar surface area (TPSA) is 160 Å². The fraction of sp³-hybridized carbons (Fsp3) is 0.435. The van der Waals surface area contributed by atoms with Gasteiger partial charge in [-0.05, 0) is 102 Å². The molecule has 5 aliphatic heterocycles. The van der Waals surface area contributed by atoms with Crippen LogP contribution in [0.1, 0.15) is 70.9 Å². The number of nitrogens with one attached hydrogen (secondary N) is 2. The first-order valence-corrected chi connectivity index (χ1v) is 20.8. The second kappa shape index (κ2) is 16.8. The molecule has 3 aromatic carbocycles. The van der Waals surface area contributed by atoms with Gasteiger partial charge in [-0.15, -0.1) is 0 Å². The number of alkyl carbamates (subject to hydrolysis) is 2. The second-order valence-electron chi connectivity index (χ2n) is 16.7. The van der Waals surface area contributed by atoms with Crippen molar-refractivity contribution in [3.63, 3.8) is 0 Å². The number of methoxy groups -OCH3 is 2. The average molecular weight is 817 g/mol. The van der Waals surface area contributed by atoms with Gasteiger partial charge in [-0.3, -0.25) is 19.6 Å². The Kier molecular flexibility index (Phi) is 11.4. The summed E-state index contributed by atoms with van der Waals surface area (Å²) in [4.78, 5) is 64.9. The number of hydrogen-bond acceptors (Lipinski definition) is 10. The summed E-state index contributed by atoms with van der Waals surface area (Å²) < 4.78 is 22.4. The SMILES string of the molecule is COC(=O)N[C@H](C(=O)N1CCC[C@H]1C1=NC=C(c2ccc3c(c2)Oc2ccc(-c4ccc5c(c4)CC([C@@H]4CCCN4C(=O)[C@@H](NC(=O)OC)C(C)C)=N5)cc2O3)C1)C(C)C. The fourth-order valence-corrected chi connectivity index (χ4v) is 8.90. The van der Waals surface area contributed by atoms with Crippen LogP contribution in [0.3, 0.4) is 0 Å². The molecule has 0 spiro atoms. The minimum atomic E-state index is -0.683.